The summed E-state index contributed by atoms with van der Waals surface area (Å²) in [6.45, 7) is 6.27. The van der Waals surface area contributed by atoms with E-state index in [-0.39, 0.29) is 17.5 Å². The summed E-state index contributed by atoms with van der Waals surface area (Å²) in [5.74, 6) is -0.0532. The molecule has 0 bridgehead atoms. The quantitative estimate of drug-likeness (QED) is 0.675. The van der Waals surface area contributed by atoms with Crippen LogP contribution in [0.15, 0.2) is 29.1 Å². The number of rotatable bonds is 5. The van der Waals surface area contributed by atoms with E-state index in [0.29, 0.717) is 71.0 Å². The number of hydrogen-bond acceptors (Lipinski definition) is 8. The number of nitrogens with zero attached hydrogens (tertiary/aromatic N) is 6. The van der Waals surface area contributed by atoms with Crippen molar-refractivity contribution in [2.24, 2.45) is 4.99 Å². The van der Waals surface area contributed by atoms with Gasteiger partial charge in [-0.1, -0.05) is 0 Å². The molecule has 2 saturated heterocycles. The molecule has 1 aromatic carbocycles. The van der Waals surface area contributed by atoms with E-state index >= 15 is 0 Å². The lowest BCUT2D eigenvalue weighted by Crippen LogP contribution is -2.57. The Morgan fingerprint density at radius 1 is 1.06 bits per heavy atom. The number of aliphatic imine (C=N–C) groups is 1. The summed E-state index contributed by atoms with van der Waals surface area (Å²) in [6.07, 6.45) is 1.81. The predicted octanol–water partition coefficient (Wildman–Crippen LogP) is 0.881. The Morgan fingerprint density at radius 2 is 1.74 bits per heavy atom. The molecule has 0 spiro atoms. The summed E-state index contributed by atoms with van der Waals surface area (Å²) < 4.78 is 40.6. The molecule has 0 aliphatic carbocycles. The number of hydrogen-bond donors (Lipinski definition) is 1. The van der Waals surface area contributed by atoms with Crippen molar-refractivity contribution in [2.75, 3.05) is 84.3 Å². The van der Waals surface area contributed by atoms with Crippen molar-refractivity contribution in [3.63, 3.8) is 0 Å². The number of carbonyl (C=O) groups is 1. The van der Waals surface area contributed by atoms with Crippen LogP contribution in [-0.4, -0.2) is 111 Å². The molecule has 12 heteroatoms. The van der Waals surface area contributed by atoms with Crippen LogP contribution in [-0.2, 0) is 4.74 Å². The highest BCUT2D eigenvalue weighted by molar-refractivity contribution is 5.99. The second-order valence-electron chi connectivity index (χ2n) is 8.69. The first-order valence-electron chi connectivity index (χ1n) is 11.5. The summed E-state index contributed by atoms with van der Waals surface area (Å²) in [6, 6.07) is 2.25. The largest absolute Gasteiger partial charge is 0.492 e. The second-order valence-corrected chi connectivity index (χ2v) is 8.69. The zero-order chi connectivity index (χ0) is 23.7. The van der Waals surface area contributed by atoms with Crippen molar-refractivity contribution in [1.82, 2.24) is 24.9 Å². The van der Waals surface area contributed by atoms with Gasteiger partial charge in [0.2, 0.25) is 5.96 Å². The lowest BCUT2D eigenvalue weighted by Gasteiger charge is -2.39. The van der Waals surface area contributed by atoms with Crippen LogP contribution in [0.3, 0.4) is 0 Å². The molecular weight excluding hydrogens is 448 g/mol. The topological polar surface area (TPSA) is 76.1 Å². The average Bonchev–Trinajstić information content (AvgIpc) is 3.21. The first-order chi connectivity index (χ1) is 16.5. The molecule has 0 aromatic heterocycles. The smallest absolute Gasteiger partial charge is 0.331 e. The minimum Gasteiger partial charge on any atom is -0.492 e. The van der Waals surface area contributed by atoms with Crippen LogP contribution in [0.5, 0.6) is 5.75 Å². The average molecular weight is 478 g/mol. The van der Waals surface area contributed by atoms with Gasteiger partial charge in [0.1, 0.15) is 24.7 Å². The van der Waals surface area contributed by atoms with Gasteiger partial charge >= 0.3 is 6.03 Å². The number of benzene rings is 1. The van der Waals surface area contributed by atoms with E-state index in [0.717, 1.165) is 13.1 Å². The first kappa shape index (κ1) is 22.7. The Balaban J connectivity index is 1.18. The summed E-state index contributed by atoms with van der Waals surface area (Å²) in [7, 11) is 1.87. The van der Waals surface area contributed by atoms with Crippen molar-refractivity contribution < 1.29 is 23.0 Å². The van der Waals surface area contributed by atoms with Gasteiger partial charge < -0.3 is 24.2 Å². The number of anilines is 1. The van der Waals surface area contributed by atoms with Crippen molar-refractivity contribution in [3.05, 3.63) is 35.8 Å². The van der Waals surface area contributed by atoms with Gasteiger partial charge in [-0.2, -0.15) is 4.99 Å². The Bertz CT molecular complexity index is 968. The Morgan fingerprint density at radius 3 is 2.44 bits per heavy atom. The maximum absolute atomic E-state index is 14.9. The van der Waals surface area contributed by atoms with E-state index in [4.69, 9.17) is 9.47 Å². The molecule has 4 aliphatic heterocycles. The monoisotopic (exact) mass is 477 g/mol. The Labute approximate surface area is 197 Å². The van der Waals surface area contributed by atoms with Crippen molar-refractivity contribution >= 4 is 17.7 Å². The van der Waals surface area contributed by atoms with E-state index in [1.54, 1.807) is 9.80 Å². The molecule has 2 fully saturated rings. The molecule has 0 radical (unpaired) electrons. The molecule has 0 saturated carbocycles. The maximum atomic E-state index is 14.9. The maximum Gasteiger partial charge on any atom is 0.331 e. The zero-order valence-corrected chi connectivity index (χ0v) is 19.2. The minimum absolute atomic E-state index is 0.0545. The highest BCUT2D eigenvalue weighted by atomic mass is 19.1. The number of amides is 2. The third-order valence-electron chi connectivity index (χ3n) is 6.33. The van der Waals surface area contributed by atoms with Gasteiger partial charge in [-0.05, 0) is 0 Å². The first-order valence-corrected chi connectivity index (χ1v) is 11.5. The van der Waals surface area contributed by atoms with Gasteiger partial charge in [-0.15, -0.1) is 0 Å². The summed E-state index contributed by atoms with van der Waals surface area (Å²) in [4.78, 5) is 26.1. The van der Waals surface area contributed by atoms with Crippen LogP contribution in [0, 0.1) is 11.6 Å². The van der Waals surface area contributed by atoms with E-state index in [1.807, 2.05) is 23.0 Å². The van der Waals surface area contributed by atoms with Crippen LogP contribution in [0.25, 0.3) is 0 Å². The lowest BCUT2D eigenvalue weighted by atomic mass is 10.2. The highest BCUT2D eigenvalue weighted by Crippen LogP contribution is 2.29. The molecule has 4 aliphatic rings. The summed E-state index contributed by atoms with van der Waals surface area (Å²) in [5, 5.41) is 2.81. The number of morpholine rings is 1. The minimum atomic E-state index is -0.645. The lowest BCUT2D eigenvalue weighted by molar-refractivity contribution is 0.0322. The molecule has 2 amide bonds. The van der Waals surface area contributed by atoms with Gasteiger partial charge in [0, 0.05) is 71.2 Å². The molecule has 0 unspecified atom stereocenters. The molecular formula is C22H29F2N7O3. The van der Waals surface area contributed by atoms with Crippen LogP contribution in [0.4, 0.5) is 19.3 Å². The van der Waals surface area contributed by atoms with Gasteiger partial charge in [-0.3, -0.25) is 15.1 Å². The summed E-state index contributed by atoms with van der Waals surface area (Å²) in [5.41, 5.74) is -0.0545. The number of halogens is 2. The number of piperazine rings is 1. The van der Waals surface area contributed by atoms with Gasteiger partial charge in [0.25, 0.3) is 0 Å². The predicted molar refractivity (Wildman–Crippen MR) is 121 cm³/mol. The number of urea groups is 1. The van der Waals surface area contributed by atoms with Gasteiger partial charge in [-0.25, -0.2) is 13.6 Å². The van der Waals surface area contributed by atoms with E-state index < -0.39 is 11.6 Å². The number of fused-ring (bicyclic) bond motifs is 1. The molecule has 10 nitrogen and oxygen atoms in total. The Hall–Kier alpha value is -3.12. The molecule has 1 N–H and O–H groups in total. The summed E-state index contributed by atoms with van der Waals surface area (Å²) >= 11 is 0. The second kappa shape index (κ2) is 9.63. The SMILES string of the molecule is CN1C=C2N=C(N3CCN(c4c(F)cc(OCCN5CCOCC5)cc4F)CC3)NC(=O)N2C1. The number of guanidine groups is 1. The molecule has 1 aromatic rings. The molecule has 0 atom stereocenters. The van der Waals surface area contributed by atoms with Crippen molar-refractivity contribution in [1.29, 1.82) is 0 Å². The molecule has 184 valence electrons. The van der Waals surface area contributed by atoms with E-state index in [9.17, 15) is 13.6 Å². The van der Waals surface area contributed by atoms with E-state index in [2.05, 4.69) is 15.2 Å². The van der Waals surface area contributed by atoms with E-state index in [1.165, 1.54) is 12.1 Å². The molecule has 5 rings (SSSR count). The normalized spacial score (nSPS) is 21.3. The van der Waals surface area contributed by atoms with Gasteiger partial charge in [0.15, 0.2) is 17.5 Å². The Kier molecular flexibility index (Phi) is 6.42. The third kappa shape index (κ3) is 4.73. The number of carbonyl (C=O) groups excluding carboxylic acids is 1. The molecule has 34 heavy (non-hydrogen) atoms. The number of nitrogens with one attached hydrogen (secondary N) is 1. The zero-order valence-electron chi connectivity index (χ0n) is 19.2. The number of ether oxygens (including phenoxy) is 2. The fraction of sp³-hybridized carbons (Fsp3) is 0.545. The molecule has 4 heterocycles. The third-order valence-corrected chi connectivity index (χ3v) is 6.33. The van der Waals surface area contributed by atoms with Gasteiger partial charge in [0.05, 0.1) is 13.2 Å². The van der Waals surface area contributed by atoms with Crippen LogP contribution in [0.1, 0.15) is 0 Å². The van der Waals surface area contributed by atoms with Crippen molar-refractivity contribution in [3.8, 4) is 5.75 Å². The standard InChI is InChI=1S/C22H29F2N7O3/c1-27-14-19-25-21(26-22(32)31(19)15-27)30-4-2-29(3-5-30)20-17(23)12-16(13-18(20)24)34-11-8-28-6-9-33-10-7-28/h12-14H,2-11,15H2,1H3,(H,25,26,32). The highest BCUT2D eigenvalue weighted by Gasteiger charge is 2.33. The fourth-order valence-electron chi connectivity index (χ4n) is 4.50. The van der Waals surface area contributed by atoms with Crippen molar-refractivity contribution in [2.45, 2.75) is 0 Å². The van der Waals surface area contributed by atoms with Crippen LogP contribution in [0.2, 0.25) is 0 Å². The fourth-order valence-corrected chi connectivity index (χ4v) is 4.50. The van der Waals surface area contributed by atoms with Crippen LogP contribution < -0.4 is 15.0 Å². The van der Waals surface area contributed by atoms with Crippen LogP contribution >= 0.6 is 0 Å².